The summed E-state index contributed by atoms with van der Waals surface area (Å²) >= 11 is 0. The third-order valence-corrected chi connectivity index (χ3v) is 6.92. The second-order valence-electron chi connectivity index (χ2n) is 9.07. The monoisotopic (exact) mass is 426 g/mol. The Labute approximate surface area is 184 Å². The van der Waals surface area contributed by atoms with Crippen LogP contribution in [0.25, 0.3) is 0 Å². The molecule has 3 amide bonds. The first-order chi connectivity index (χ1) is 15.1. The van der Waals surface area contributed by atoms with Crippen molar-refractivity contribution in [1.82, 2.24) is 20.0 Å². The van der Waals surface area contributed by atoms with E-state index in [0.29, 0.717) is 6.54 Å². The van der Waals surface area contributed by atoms with E-state index in [1.165, 1.54) is 10.5 Å². The van der Waals surface area contributed by atoms with Gasteiger partial charge in [0.2, 0.25) is 17.7 Å². The minimum Gasteiger partial charge on any atom is -0.354 e. The van der Waals surface area contributed by atoms with Crippen LogP contribution in [-0.4, -0.2) is 78.2 Å². The van der Waals surface area contributed by atoms with Gasteiger partial charge in [0.15, 0.2) is 0 Å². The fourth-order valence-electron chi connectivity index (χ4n) is 5.13. The lowest BCUT2D eigenvalue weighted by Crippen LogP contribution is -2.46. The third kappa shape index (κ3) is 5.52. The second-order valence-corrected chi connectivity index (χ2v) is 9.07. The van der Waals surface area contributed by atoms with Crippen LogP contribution in [0.5, 0.6) is 0 Å². The van der Waals surface area contributed by atoms with E-state index in [-0.39, 0.29) is 36.1 Å². The predicted octanol–water partition coefficient (Wildman–Crippen LogP) is 1.49. The van der Waals surface area contributed by atoms with Crippen LogP contribution in [0.15, 0.2) is 30.3 Å². The van der Waals surface area contributed by atoms with Crippen molar-refractivity contribution in [2.45, 2.75) is 38.6 Å². The zero-order valence-electron chi connectivity index (χ0n) is 18.3. The van der Waals surface area contributed by atoms with Crippen LogP contribution >= 0.6 is 0 Å². The summed E-state index contributed by atoms with van der Waals surface area (Å²) < 4.78 is 0. The minimum atomic E-state index is -0.229. The molecular formula is C24H34N4O3. The Balaban J connectivity index is 1.11. The average Bonchev–Trinajstić information content (AvgIpc) is 3.03. The average molecular weight is 427 g/mol. The Morgan fingerprint density at radius 3 is 2.16 bits per heavy atom. The zero-order chi connectivity index (χ0) is 21.6. The highest BCUT2D eigenvalue weighted by atomic mass is 16.2. The number of piperazine rings is 1. The molecule has 0 radical (unpaired) electrons. The quantitative estimate of drug-likeness (QED) is 0.504. The molecule has 7 heteroatoms. The van der Waals surface area contributed by atoms with Gasteiger partial charge >= 0.3 is 0 Å². The number of carbonyl (C=O) groups is 3. The molecule has 7 nitrogen and oxygen atoms in total. The molecule has 1 aromatic carbocycles. The van der Waals surface area contributed by atoms with E-state index in [4.69, 9.17) is 0 Å². The smallest absolute Gasteiger partial charge is 0.240 e. The highest BCUT2D eigenvalue weighted by molar-refractivity contribution is 6.07. The van der Waals surface area contributed by atoms with Gasteiger partial charge in [0.25, 0.3) is 0 Å². The number of hydrogen-bond acceptors (Lipinski definition) is 5. The van der Waals surface area contributed by atoms with Crippen LogP contribution in [0.1, 0.15) is 37.7 Å². The summed E-state index contributed by atoms with van der Waals surface area (Å²) in [7, 11) is 0. The van der Waals surface area contributed by atoms with Crippen molar-refractivity contribution in [2.24, 2.45) is 11.8 Å². The molecule has 1 aliphatic carbocycles. The number of likely N-dealkylation sites (tertiary alicyclic amines) is 1. The van der Waals surface area contributed by atoms with Crippen molar-refractivity contribution in [3.05, 3.63) is 35.9 Å². The van der Waals surface area contributed by atoms with Crippen LogP contribution in [0.3, 0.4) is 0 Å². The maximum Gasteiger partial charge on any atom is 0.240 e. The molecule has 1 N–H and O–H groups in total. The normalized spacial score (nSPS) is 25.0. The predicted molar refractivity (Wildman–Crippen MR) is 118 cm³/mol. The molecule has 31 heavy (non-hydrogen) atoms. The van der Waals surface area contributed by atoms with Crippen LogP contribution in [-0.2, 0) is 20.9 Å². The number of carbonyl (C=O) groups excluding carboxylic acids is 3. The number of rotatable bonds is 8. The van der Waals surface area contributed by atoms with Gasteiger partial charge in [-0.2, -0.15) is 0 Å². The van der Waals surface area contributed by atoms with E-state index >= 15 is 0 Å². The summed E-state index contributed by atoms with van der Waals surface area (Å²) in [4.78, 5) is 43.4. The highest BCUT2D eigenvalue weighted by Crippen LogP contribution is 2.37. The molecule has 2 heterocycles. The fraction of sp³-hybridized carbons (Fsp3) is 0.625. The Bertz CT molecular complexity index is 752. The first-order valence-corrected chi connectivity index (χ1v) is 11.7. The van der Waals surface area contributed by atoms with Crippen molar-refractivity contribution in [1.29, 1.82) is 0 Å². The zero-order valence-corrected chi connectivity index (χ0v) is 18.3. The van der Waals surface area contributed by atoms with Gasteiger partial charge in [-0.25, -0.2) is 0 Å². The number of imide groups is 1. The molecule has 2 atom stereocenters. The van der Waals surface area contributed by atoms with E-state index in [9.17, 15) is 14.4 Å². The van der Waals surface area contributed by atoms with Gasteiger partial charge < -0.3 is 10.2 Å². The van der Waals surface area contributed by atoms with Gasteiger partial charge in [0, 0.05) is 39.3 Å². The molecule has 0 aromatic heterocycles. The largest absolute Gasteiger partial charge is 0.354 e. The second kappa shape index (κ2) is 10.4. The lowest BCUT2D eigenvalue weighted by Gasteiger charge is -2.34. The van der Waals surface area contributed by atoms with Crippen molar-refractivity contribution in [3.8, 4) is 0 Å². The van der Waals surface area contributed by atoms with Gasteiger partial charge in [0.1, 0.15) is 6.54 Å². The van der Waals surface area contributed by atoms with Crippen molar-refractivity contribution < 1.29 is 14.4 Å². The molecule has 1 aromatic rings. The van der Waals surface area contributed by atoms with Gasteiger partial charge in [0.05, 0.1) is 11.8 Å². The Hall–Kier alpha value is -2.25. The topological polar surface area (TPSA) is 73.0 Å². The number of nitrogens with zero attached hydrogens (tertiary/aromatic N) is 3. The highest BCUT2D eigenvalue weighted by Gasteiger charge is 2.48. The number of nitrogens with one attached hydrogen (secondary N) is 1. The summed E-state index contributed by atoms with van der Waals surface area (Å²) in [5.41, 5.74) is 1.35. The van der Waals surface area contributed by atoms with E-state index in [0.717, 1.165) is 71.4 Å². The van der Waals surface area contributed by atoms with Crippen LogP contribution < -0.4 is 5.32 Å². The molecule has 0 spiro atoms. The van der Waals surface area contributed by atoms with Crippen molar-refractivity contribution in [3.63, 3.8) is 0 Å². The van der Waals surface area contributed by atoms with Crippen molar-refractivity contribution >= 4 is 17.7 Å². The van der Waals surface area contributed by atoms with E-state index < -0.39 is 0 Å². The van der Waals surface area contributed by atoms with Gasteiger partial charge in [-0.05, 0) is 31.4 Å². The molecule has 2 saturated heterocycles. The van der Waals surface area contributed by atoms with Crippen LogP contribution in [0.2, 0.25) is 0 Å². The Kier molecular flexibility index (Phi) is 7.35. The number of amides is 3. The molecular weight excluding hydrogens is 392 g/mol. The molecule has 3 aliphatic rings. The summed E-state index contributed by atoms with van der Waals surface area (Å²) in [6, 6.07) is 10.6. The van der Waals surface area contributed by atoms with Crippen LogP contribution in [0, 0.1) is 11.8 Å². The maximum atomic E-state index is 12.5. The maximum absolute atomic E-state index is 12.5. The number of fused-ring (bicyclic) bond motifs is 1. The molecule has 2 aliphatic heterocycles. The molecule has 4 rings (SSSR count). The first kappa shape index (κ1) is 22.0. The summed E-state index contributed by atoms with van der Waals surface area (Å²) in [6.07, 6.45) is 4.44. The lowest BCUT2D eigenvalue weighted by molar-refractivity contribution is -0.143. The molecule has 1 saturated carbocycles. The molecule has 2 unspecified atom stereocenters. The summed E-state index contributed by atoms with van der Waals surface area (Å²) in [5.74, 6) is -0.881. The molecule has 0 bridgehead atoms. The fourth-order valence-corrected chi connectivity index (χ4v) is 5.13. The third-order valence-electron chi connectivity index (χ3n) is 6.92. The summed E-state index contributed by atoms with van der Waals surface area (Å²) in [5, 5.41) is 2.89. The van der Waals surface area contributed by atoms with Gasteiger partial charge in [-0.1, -0.05) is 43.2 Å². The van der Waals surface area contributed by atoms with Crippen molar-refractivity contribution in [2.75, 3.05) is 45.8 Å². The minimum absolute atomic E-state index is 0.122. The Morgan fingerprint density at radius 1 is 0.903 bits per heavy atom. The van der Waals surface area contributed by atoms with E-state index in [1.807, 2.05) is 6.07 Å². The van der Waals surface area contributed by atoms with E-state index in [2.05, 4.69) is 39.4 Å². The lowest BCUT2D eigenvalue weighted by atomic mass is 9.81. The standard InChI is InChI=1S/C24H34N4O3/c29-22(18-28-23(30)20-9-4-5-10-21(20)24(28)31)25-11-6-12-26-13-15-27(16-14-26)17-19-7-2-1-3-8-19/h1-3,7-8,20-21H,4-6,9-18H2,(H,25,29). The Morgan fingerprint density at radius 2 is 1.52 bits per heavy atom. The van der Waals surface area contributed by atoms with Gasteiger partial charge in [-0.3, -0.25) is 24.2 Å². The number of benzene rings is 1. The first-order valence-electron chi connectivity index (χ1n) is 11.7. The van der Waals surface area contributed by atoms with E-state index in [1.54, 1.807) is 0 Å². The SMILES string of the molecule is O=C(CN1C(=O)C2CCCCC2C1=O)NCCCN1CCN(Cc2ccccc2)CC1. The summed E-state index contributed by atoms with van der Waals surface area (Å²) in [6.45, 7) is 6.60. The van der Waals surface area contributed by atoms with Gasteiger partial charge in [-0.15, -0.1) is 0 Å². The van der Waals surface area contributed by atoms with Crippen LogP contribution in [0.4, 0.5) is 0 Å². The molecule has 168 valence electrons. The molecule has 3 fully saturated rings. The number of hydrogen-bond donors (Lipinski definition) is 1.